The molecule has 17 heavy (non-hydrogen) atoms. The van der Waals surface area contributed by atoms with Crippen LogP contribution < -0.4 is 4.74 Å². The maximum Gasteiger partial charge on any atom is 0.178 e. The van der Waals surface area contributed by atoms with E-state index < -0.39 is 33.7 Å². The van der Waals surface area contributed by atoms with Crippen LogP contribution in [0.2, 0.25) is 0 Å². The number of carbonyl (C=O) groups is 1. The van der Waals surface area contributed by atoms with Gasteiger partial charge >= 0.3 is 0 Å². The SMILES string of the molecule is COc1cccc(C(=O)CS(=O)(=O)CCO)c1. The molecule has 0 radical (unpaired) electrons. The van der Waals surface area contributed by atoms with Gasteiger partial charge in [0.25, 0.3) is 0 Å². The molecule has 1 aromatic carbocycles. The van der Waals surface area contributed by atoms with E-state index in [1.165, 1.54) is 19.2 Å². The van der Waals surface area contributed by atoms with Crippen LogP contribution in [0, 0.1) is 0 Å². The Kier molecular flexibility index (Phi) is 4.65. The van der Waals surface area contributed by atoms with Crippen LogP contribution >= 0.6 is 0 Å². The summed E-state index contributed by atoms with van der Waals surface area (Å²) in [7, 11) is -2.07. The minimum atomic E-state index is -3.54. The van der Waals surface area contributed by atoms with Gasteiger partial charge in [-0.3, -0.25) is 4.79 Å². The first-order chi connectivity index (χ1) is 7.98. The second-order valence-corrected chi connectivity index (χ2v) is 5.65. The number of hydrogen-bond donors (Lipinski definition) is 1. The molecule has 0 amide bonds. The molecule has 0 aromatic heterocycles. The van der Waals surface area contributed by atoms with Gasteiger partial charge in [0.05, 0.1) is 19.5 Å². The third-order valence-electron chi connectivity index (χ3n) is 2.15. The van der Waals surface area contributed by atoms with E-state index in [-0.39, 0.29) is 5.56 Å². The molecule has 0 aliphatic carbocycles. The average molecular weight is 258 g/mol. The van der Waals surface area contributed by atoms with Crippen molar-refractivity contribution in [2.75, 3.05) is 25.2 Å². The molecule has 1 rings (SSSR count). The fourth-order valence-electron chi connectivity index (χ4n) is 1.29. The zero-order valence-corrected chi connectivity index (χ0v) is 10.2. The summed E-state index contributed by atoms with van der Waals surface area (Å²) in [6.45, 7) is -0.478. The Morgan fingerprint density at radius 2 is 2.12 bits per heavy atom. The summed E-state index contributed by atoms with van der Waals surface area (Å²) in [4.78, 5) is 11.7. The molecule has 0 fully saturated rings. The van der Waals surface area contributed by atoms with E-state index in [1.54, 1.807) is 12.1 Å². The monoisotopic (exact) mass is 258 g/mol. The number of aliphatic hydroxyl groups is 1. The van der Waals surface area contributed by atoms with Crippen molar-refractivity contribution in [1.82, 2.24) is 0 Å². The van der Waals surface area contributed by atoms with Gasteiger partial charge in [-0.05, 0) is 12.1 Å². The van der Waals surface area contributed by atoms with Crippen molar-refractivity contribution < 1.29 is 23.1 Å². The highest BCUT2D eigenvalue weighted by Gasteiger charge is 2.17. The summed E-state index contributed by atoms with van der Waals surface area (Å²) in [5.74, 6) is -1.00. The third-order valence-corrected chi connectivity index (χ3v) is 3.65. The zero-order chi connectivity index (χ0) is 12.9. The maximum absolute atomic E-state index is 11.7. The van der Waals surface area contributed by atoms with Crippen LogP contribution in [0.1, 0.15) is 10.4 Å². The van der Waals surface area contributed by atoms with Gasteiger partial charge < -0.3 is 9.84 Å². The van der Waals surface area contributed by atoms with Gasteiger partial charge in [-0.1, -0.05) is 12.1 Å². The second-order valence-electron chi connectivity index (χ2n) is 3.47. The number of rotatable bonds is 6. The van der Waals surface area contributed by atoms with Crippen molar-refractivity contribution >= 4 is 15.6 Å². The number of sulfone groups is 1. The van der Waals surface area contributed by atoms with E-state index in [2.05, 4.69) is 0 Å². The van der Waals surface area contributed by atoms with Crippen molar-refractivity contribution in [3.8, 4) is 5.75 Å². The summed E-state index contributed by atoms with van der Waals surface area (Å²) < 4.78 is 27.7. The highest BCUT2D eigenvalue weighted by atomic mass is 32.2. The highest BCUT2D eigenvalue weighted by molar-refractivity contribution is 7.92. The number of aliphatic hydroxyl groups excluding tert-OH is 1. The lowest BCUT2D eigenvalue weighted by molar-refractivity contribution is 0.102. The molecule has 0 atom stereocenters. The number of carbonyl (C=O) groups excluding carboxylic acids is 1. The Bertz CT molecular complexity index is 492. The van der Waals surface area contributed by atoms with Gasteiger partial charge in [0, 0.05) is 5.56 Å². The molecule has 6 heteroatoms. The van der Waals surface area contributed by atoms with Crippen molar-refractivity contribution in [3.05, 3.63) is 29.8 Å². The largest absolute Gasteiger partial charge is 0.497 e. The van der Waals surface area contributed by atoms with E-state index in [4.69, 9.17) is 9.84 Å². The number of ketones is 1. The normalized spacial score (nSPS) is 11.2. The summed E-state index contributed by atoms with van der Waals surface area (Å²) in [5.41, 5.74) is 0.283. The molecular weight excluding hydrogens is 244 g/mol. The number of hydrogen-bond acceptors (Lipinski definition) is 5. The summed E-state index contributed by atoms with van der Waals surface area (Å²) >= 11 is 0. The molecule has 5 nitrogen and oxygen atoms in total. The van der Waals surface area contributed by atoms with Crippen LogP contribution in [0.4, 0.5) is 0 Å². The second kappa shape index (κ2) is 5.79. The zero-order valence-electron chi connectivity index (χ0n) is 9.42. The van der Waals surface area contributed by atoms with Crippen molar-refractivity contribution in [2.24, 2.45) is 0 Å². The van der Waals surface area contributed by atoms with Crippen molar-refractivity contribution in [1.29, 1.82) is 0 Å². The fourth-order valence-corrected chi connectivity index (χ4v) is 2.28. The van der Waals surface area contributed by atoms with Gasteiger partial charge in [0.1, 0.15) is 11.5 Å². The Balaban J connectivity index is 2.83. The first-order valence-corrected chi connectivity index (χ1v) is 6.79. The van der Waals surface area contributed by atoms with Gasteiger partial charge in [0.2, 0.25) is 0 Å². The summed E-state index contributed by atoms with van der Waals surface area (Å²) in [6.07, 6.45) is 0. The lowest BCUT2D eigenvalue weighted by atomic mass is 10.1. The van der Waals surface area contributed by atoms with E-state index >= 15 is 0 Å². The molecule has 0 spiro atoms. The topological polar surface area (TPSA) is 80.7 Å². The molecule has 1 N–H and O–H groups in total. The minimum absolute atomic E-state index is 0.283. The van der Waals surface area contributed by atoms with Crippen LogP contribution in [0.5, 0.6) is 5.75 Å². The van der Waals surface area contributed by atoms with Crippen LogP contribution in [-0.2, 0) is 9.84 Å². The number of methoxy groups -OCH3 is 1. The Morgan fingerprint density at radius 3 is 2.71 bits per heavy atom. The quantitative estimate of drug-likeness (QED) is 0.741. The van der Waals surface area contributed by atoms with E-state index in [9.17, 15) is 13.2 Å². The number of benzene rings is 1. The predicted molar refractivity (Wildman–Crippen MR) is 63.1 cm³/mol. The van der Waals surface area contributed by atoms with E-state index in [0.717, 1.165) is 0 Å². The van der Waals surface area contributed by atoms with Crippen LogP contribution in [0.3, 0.4) is 0 Å². The predicted octanol–water partition coefficient (Wildman–Crippen LogP) is 0.285. The lowest BCUT2D eigenvalue weighted by Gasteiger charge is -2.04. The van der Waals surface area contributed by atoms with Gasteiger partial charge in [-0.2, -0.15) is 0 Å². The lowest BCUT2D eigenvalue weighted by Crippen LogP contribution is -2.20. The summed E-state index contributed by atoms with van der Waals surface area (Å²) in [6, 6.07) is 6.29. The molecule has 0 saturated carbocycles. The molecule has 0 aliphatic rings. The van der Waals surface area contributed by atoms with Crippen LogP contribution in [-0.4, -0.2) is 44.5 Å². The van der Waals surface area contributed by atoms with Gasteiger partial charge in [0.15, 0.2) is 15.6 Å². The molecule has 94 valence electrons. The first kappa shape index (κ1) is 13.7. The van der Waals surface area contributed by atoms with Crippen molar-refractivity contribution in [2.45, 2.75) is 0 Å². The minimum Gasteiger partial charge on any atom is -0.497 e. The van der Waals surface area contributed by atoms with E-state index in [0.29, 0.717) is 5.75 Å². The van der Waals surface area contributed by atoms with Gasteiger partial charge in [-0.25, -0.2) is 8.42 Å². The fraction of sp³-hybridized carbons (Fsp3) is 0.364. The third kappa shape index (κ3) is 4.16. The molecule has 0 heterocycles. The summed E-state index contributed by atoms with van der Waals surface area (Å²) in [5, 5.41) is 8.56. The smallest absolute Gasteiger partial charge is 0.178 e. The van der Waals surface area contributed by atoms with Crippen LogP contribution in [0.15, 0.2) is 24.3 Å². The van der Waals surface area contributed by atoms with Crippen LogP contribution in [0.25, 0.3) is 0 Å². The molecule has 1 aromatic rings. The standard InChI is InChI=1S/C11H14O5S/c1-16-10-4-2-3-9(7-10)11(13)8-17(14,15)6-5-12/h2-4,7,12H,5-6,8H2,1H3. The Labute approximate surface area is 100.0 Å². The molecular formula is C11H14O5S. The molecule has 0 unspecified atom stereocenters. The maximum atomic E-state index is 11.7. The highest BCUT2D eigenvalue weighted by Crippen LogP contribution is 2.13. The average Bonchev–Trinajstić information content (AvgIpc) is 2.28. The first-order valence-electron chi connectivity index (χ1n) is 4.97. The Morgan fingerprint density at radius 1 is 1.41 bits per heavy atom. The van der Waals surface area contributed by atoms with Gasteiger partial charge in [-0.15, -0.1) is 0 Å². The number of ether oxygens (including phenoxy) is 1. The van der Waals surface area contributed by atoms with Crippen molar-refractivity contribution in [3.63, 3.8) is 0 Å². The molecule has 0 aliphatic heterocycles. The molecule has 0 saturated heterocycles. The van der Waals surface area contributed by atoms with E-state index in [1.807, 2.05) is 0 Å². The Hall–Kier alpha value is -1.40. The molecule has 0 bridgehead atoms. The number of Topliss-reactive ketones (excluding diaryl/α,β-unsaturated/α-hetero) is 1.